The van der Waals surface area contributed by atoms with Crippen LogP contribution in [0.15, 0.2) is 89.8 Å². The Hall–Kier alpha value is -4.65. The van der Waals surface area contributed by atoms with Gasteiger partial charge in [0, 0.05) is 30.6 Å². The lowest BCUT2D eigenvalue weighted by Crippen LogP contribution is -2.56. The molecule has 2 amide bonds. The predicted molar refractivity (Wildman–Crippen MR) is 202 cm³/mol. The molecule has 0 aliphatic rings. The molecular weight excluding hydrogens is 729 g/mol. The Morgan fingerprint density at radius 1 is 0.750 bits per heavy atom. The summed E-state index contributed by atoms with van der Waals surface area (Å²) >= 11 is 12.6. The van der Waals surface area contributed by atoms with Gasteiger partial charge in [-0.15, -0.1) is 0 Å². The largest absolute Gasteiger partial charge is 0.497 e. The van der Waals surface area contributed by atoms with E-state index < -0.39 is 40.0 Å². The van der Waals surface area contributed by atoms with Crippen molar-refractivity contribution >= 4 is 50.7 Å². The lowest BCUT2D eigenvalue weighted by atomic mass is 10.0. The normalized spacial score (nSPS) is 12.0. The number of halogens is 2. The first-order chi connectivity index (χ1) is 24.6. The highest BCUT2D eigenvalue weighted by atomic mass is 35.5. The van der Waals surface area contributed by atoms with E-state index in [9.17, 15) is 18.0 Å². The van der Waals surface area contributed by atoms with Crippen LogP contribution in [0.1, 0.15) is 31.9 Å². The van der Waals surface area contributed by atoms with Crippen molar-refractivity contribution in [2.24, 2.45) is 0 Å². The second-order valence-electron chi connectivity index (χ2n) is 12.8. The van der Waals surface area contributed by atoms with Crippen LogP contribution in [0.4, 0.5) is 5.69 Å². The molecule has 0 spiro atoms. The van der Waals surface area contributed by atoms with E-state index in [1.165, 1.54) is 63.7 Å². The van der Waals surface area contributed by atoms with Crippen molar-refractivity contribution < 1.29 is 37.0 Å². The van der Waals surface area contributed by atoms with Crippen LogP contribution in [0.5, 0.6) is 23.0 Å². The van der Waals surface area contributed by atoms with E-state index in [1.54, 1.807) is 24.3 Å². The minimum Gasteiger partial charge on any atom is -0.497 e. The maximum Gasteiger partial charge on any atom is 0.265 e. The molecule has 0 saturated heterocycles. The third kappa shape index (κ3) is 9.81. The topological polar surface area (TPSA) is 124 Å². The van der Waals surface area contributed by atoms with Gasteiger partial charge in [0.25, 0.3) is 10.0 Å². The maximum atomic E-state index is 14.9. The molecule has 0 radical (unpaired) electrons. The number of amides is 2. The lowest BCUT2D eigenvalue weighted by Gasteiger charge is -2.35. The number of hydrogen-bond donors (Lipinski definition) is 1. The Morgan fingerprint density at radius 2 is 1.40 bits per heavy atom. The van der Waals surface area contributed by atoms with Crippen LogP contribution >= 0.6 is 23.2 Å². The first kappa shape index (κ1) is 40.1. The summed E-state index contributed by atoms with van der Waals surface area (Å²) < 4.78 is 52.1. The Bertz CT molecular complexity index is 1990. The van der Waals surface area contributed by atoms with Gasteiger partial charge >= 0.3 is 0 Å². The van der Waals surface area contributed by atoms with Crippen LogP contribution in [0.3, 0.4) is 0 Å². The van der Waals surface area contributed by atoms with E-state index in [4.69, 9.17) is 42.1 Å². The molecule has 14 heteroatoms. The second kappa shape index (κ2) is 17.2. The Kier molecular flexibility index (Phi) is 13.3. The summed E-state index contributed by atoms with van der Waals surface area (Å²) in [5.74, 6) is -0.183. The van der Waals surface area contributed by atoms with Crippen LogP contribution in [-0.4, -0.2) is 71.7 Å². The van der Waals surface area contributed by atoms with Crippen molar-refractivity contribution in [3.05, 3.63) is 106 Å². The van der Waals surface area contributed by atoms with Gasteiger partial charge in [0.2, 0.25) is 11.8 Å². The number of carbonyl (C=O) groups excluding carboxylic acids is 2. The number of benzene rings is 4. The Labute approximate surface area is 315 Å². The fourth-order valence-electron chi connectivity index (χ4n) is 5.45. The maximum absolute atomic E-state index is 14.9. The number of nitrogens with zero attached hydrogens (tertiary/aromatic N) is 2. The molecule has 4 rings (SSSR count). The smallest absolute Gasteiger partial charge is 0.265 e. The van der Waals surface area contributed by atoms with E-state index >= 15 is 0 Å². The van der Waals surface area contributed by atoms with Crippen molar-refractivity contribution in [2.45, 2.75) is 50.2 Å². The summed E-state index contributed by atoms with van der Waals surface area (Å²) in [7, 11) is 1.10. The van der Waals surface area contributed by atoms with Gasteiger partial charge in [-0.2, -0.15) is 0 Å². The van der Waals surface area contributed by atoms with Crippen molar-refractivity contribution in [3.63, 3.8) is 0 Å². The van der Waals surface area contributed by atoms with Crippen molar-refractivity contribution in [1.29, 1.82) is 0 Å². The number of hydrogen-bond acceptors (Lipinski definition) is 8. The third-order valence-corrected chi connectivity index (χ3v) is 10.5. The Balaban J connectivity index is 1.92. The zero-order valence-corrected chi connectivity index (χ0v) is 32.4. The van der Waals surface area contributed by atoms with Crippen LogP contribution in [0.2, 0.25) is 10.0 Å². The molecule has 1 atom stereocenters. The molecule has 0 aliphatic heterocycles. The lowest BCUT2D eigenvalue weighted by molar-refractivity contribution is -0.140. The summed E-state index contributed by atoms with van der Waals surface area (Å²) in [6, 6.07) is 21.8. The van der Waals surface area contributed by atoms with Crippen LogP contribution in [-0.2, 0) is 32.6 Å². The number of nitrogens with one attached hydrogen (secondary N) is 1. The van der Waals surface area contributed by atoms with Crippen LogP contribution in [0.25, 0.3) is 0 Å². The van der Waals surface area contributed by atoms with Gasteiger partial charge < -0.3 is 29.2 Å². The zero-order valence-electron chi connectivity index (χ0n) is 30.1. The van der Waals surface area contributed by atoms with E-state index in [-0.39, 0.29) is 40.1 Å². The highest BCUT2D eigenvalue weighted by Crippen LogP contribution is 2.38. The van der Waals surface area contributed by atoms with Gasteiger partial charge in [-0.1, -0.05) is 59.6 Å². The van der Waals surface area contributed by atoms with Gasteiger partial charge in [0.1, 0.15) is 24.1 Å². The molecule has 52 heavy (non-hydrogen) atoms. The molecule has 0 bridgehead atoms. The number of methoxy groups -OCH3 is 4. The summed E-state index contributed by atoms with van der Waals surface area (Å²) in [5, 5.41) is 3.57. The minimum atomic E-state index is -4.54. The van der Waals surface area contributed by atoms with Crippen LogP contribution < -0.4 is 28.6 Å². The summed E-state index contributed by atoms with van der Waals surface area (Å²) in [4.78, 5) is 30.2. The Morgan fingerprint density at radius 3 is 2.00 bits per heavy atom. The molecule has 1 unspecified atom stereocenters. The predicted octanol–water partition coefficient (Wildman–Crippen LogP) is 6.78. The van der Waals surface area contributed by atoms with Crippen molar-refractivity contribution in [1.82, 2.24) is 10.2 Å². The molecule has 278 valence electrons. The summed E-state index contributed by atoms with van der Waals surface area (Å²) in [6.45, 7) is 4.66. The standard InChI is InChI=1S/C38H43Cl2N3O8S/c1-38(2,3)41-37(45)32(20-25-11-9-8-10-12-25)42(23-26-13-16-29(39)30(40)19-26)36(44)24-43(31-21-27(48-4)14-17-33(31)49-5)52(46,47)28-15-18-34(50-6)35(22-28)51-7/h8-19,21-22,32H,20,23-24H2,1-7H3,(H,41,45). The quantitative estimate of drug-likeness (QED) is 0.140. The minimum absolute atomic E-state index is 0.0261. The number of ether oxygens (including phenoxy) is 4. The molecule has 0 fully saturated rings. The molecule has 0 aliphatic carbocycles. The number of rotatable bonds is 15. The van der Waals surface area contributed by atoms with E-state index in [2.05, 4.69) is 5.32 Å². The van der Waals surface area contributed by atoms with E-state index in [0.717, 1.165) is 9.87 Å². The molecule has 11 nitrogen and oxygen atoms in total. The van der Waals surface area contributed by atoms with Gasteiger partial charge in [0.05, 0.1) is 49.1 Å². The molecule has 1 N–H and O–H groups in total. The number of anilines is 1. The van der Waals surface area contributed by atoms with Gasteiger partial charge in [-0.3, -0.25) is 13.9 Å². The SMILES string of the molecule is COc1ccc(OC)c(N(CC(=O)N(Cc2ccc(Cl)c(Cl)c2)C(Cc2ccccc2)C(=O)NC(C)(C)C)S(=O)(=O)c2ccc(OC)c(OC)c2)c1. The molecule has 0 saturated carbocycles. The van der Waals surface area contributed by atoms with E-state index in [1.807, 2.05) is 51.1 Å². The monoisotopic (exact) mass is 771 g/mol. The van der Waals surface area contributed by atoms with E-state index in [0.29, 0.717) is 22.1 Å². The fraction of sp³-hybridized carbons (Fsp3) is 0.316. The molecule has 0 heterocycles. The summed E-state index contributed by atoms with van der Waals surface area (Å²) in [5.41, 5.74) is 0.727. The first-order valence-electron chi connectivity index (χ1n) is 16.2. The molecule has 4 aromatic carbocycles. The average Bonchev–Trinajstić information content (AvgIpc) is 3.12. The average molecular weight is 773 g/mol. The zero-order chi connectivity index (χ0) is 38.2. The van der Waals surface area contributed by atoms with Crippen molar-refractivity contribution in [2.75, 3.05) is 39.3 Å². The van der Waals surface area contributed by atoms with Crippen LogP contribution in [0, 0.1) is 0 Å². The van der Waals surface area contributed by atoms with Gasteiger partial charge in [0.15, 0.2) is 11.5 Å². The number of carbonyl (C=O) groups is 2. The second-order valence-corrected chi connectivity index (χ2v) is 15.5. The highest BCUT2D eigenvalue weighted by molar-refractivity contribution is 7.92. The van der Waals surface area contributed by atoms with Crippen molar-refractivity contribution in [3.8, 4) is 23.0 Å². The van der Waals surface area contributed by atoms with Gasteiger partial charge in [-0.05, 0) is 68.3 Å². The third-order valence-electron chi connectivity index (χ3n) is 7.98. The van der Waals surface area contributed by atoms with Gasteiger partial charge in [-0.25, -0.2) is 8.42 Å². The molecule has 0 aromatic heterocycles. The first-order valence-corrected chi connectivity index (χ1v) is 18.4. The fourth-order valence-corrected chi connectivity index (χ4v) is 7.20. The highest BCUT2D eigenvalue weighted by Gasteiger charge is 2.37. The molecule has 4 aromatic rings. The molecular formula is C38H43Cl2N3O8S. The summed E-state index contributed by atoms with van der Waals surface area (Å²) in [6.07, 6.45) is 0.126. The number of sulfonamides is 1.